The molecule has 0 amide bonds. The molecule has 0 saturated carbocycles. The molecule has 0 heterocycles. The molecule has 0 aromatic heterocycles. The molecule has 0 rings (SSSR count). The molecule has 0 radical (unpaired) electrons. The van der Waals surface area contributed by atoms with Crippen molar-refractivity contribution in [3.63, 3.8) is 0 Å². The van der Waals surface area contributed by atoms with Gasteiger partial charge in [0.2, 0.25) is 0 Å². The van der Waals surface area contributed by atoms with Gasteiger partial charge in [0.05, 0.1) is 0 Å². The van der Waals surface area contributed by atoms with Gasteiger partial charge in [0.1, 0.15) is 0 Å². The smallest absolute Gasteiger partial charge is 0.347 e. The lowest BCUT2D eigenvalue weighted by atomic mass is 10.5. The van der Waals surface area contributed by atoms with Crippen molar-refractivity contribution in [1.29, 1.82) is 0 Å². The average Bonchev–Trinajstić information content (AvgIpc) is 2.25. The summed E-state index contributed by atoms with van der Waals surface area (Å²) in [5.41, 5.74) is 0.644. The quantitative estimate of drug-likeness (QED) is 0.476. The lowest BCUT2D eigenvalue weighted by molar-refractivity contribution is -0.340. The Kier molecular flexibility index (Phi) is 7.62. The van der Waals surface area contributed by atoms with Crippen LogP contribution < -0.4 is 0 Å². The second-order valence-electron chi connectivity index (χ2n) is 5.07. The van der Waals surface area contributed by atoms with Crippen LogP contribution in [0.15, 0.2) is 0 Å². The highest BCUT2D eigenvalue weighted by Gasteiger charge is 2.50. The van der Waals surface area contributed by atoms with Crippen LogP contribution in [0.4, 0.5) is 0 Å². The minimum absolute atomic E-state index is 0.322. The van der Waals surface area contributed by atoms with Gasteiger partial charge in [-0.25, -0.2) is 0 Å². The summed E-state index contributed by atoms with van der Waals surface area (Å²) in [5, 5.41) is 0. The van der Waals surface area contributed by atoms with Crippen LogP contribution in [0.5, 0.6) is 0 Å². The minimum atomic E-state index is -2.38. The molecule has 0 fully saturated rings. The monoisotopic (exact) mass is 278 g/mol. The summed E-state index contributed by atoms with van der Waals surface area (Å²) in [6.07, 6.45) is 0. The Morgan fingerprint density at radius 3 is 1.56 bits per heavy atom. The second kappa shape index (κ2) is 7.60. The van der Waals surface area contributed by atoms with Crippen molar-refractivity contribution < 1.29 is 18.3 Å². The van der Waals surface area contributed by atoms with E-state index in [2.05, 4.69) is 27.7 Å². The van der Waals surface area contributed by atoms with E-state index in [0.717, 1.165) is 0 Å². The lowest BCUT2D eigenvalue weighted by Crippen LogP contribution is -2.55. The van der Waals surface area contributed by atoms with Gasteiger partial charge >= 0.3 is 8.56 Å². The maximum atomic E-state index is 6.25. The van der Waals surface area contributed by atoms with Gasteiger partial charge in [0.25, 0.3) is 5.97 Å². The zero-order chi connectivity index (χ0) is 14.4. The highest BCUT2D eigenvalue weighted by atomic mass is 28.4. The predicted octanol–water partition coefficient (Wildman–Crippen LogP) is 3.66. The van der Waals surface area contributed by atoms with E-state index in [1.54, 1.807) is 7.11 Å². The summed E-state index contributed by atoms with van der Waals surface area (Å²) in [4.78, 5) is 0. The normalized spacial score (nSPS) is 13.7. The Morgan fingerprint density at radius 2 is 1.33 bits per heavy atom. The van der Waals surface area contributed by atoms with Gasteiger partial charge in [-0.1, -0.05) is 27.7 Å². The Morgan fingerprint density at radius 1 is 0.944 bits per heavy atom. The first kappa shape index (κ1) is 18.1. The van der Waals surface area contributed by atoms with Crippen LogP contribution in [0, 0.1) is 0 Å². The lowest BCUT2D eigenvalue weighted by Gasteiger charge is -2.42. The topological polar surface area (TPSA) is 36.9 Å². The first-order chi connectivity index (χ1) is 8.28. The van der Waals surface area contributed by atoms with Gasteiger partial charge in [-0.3, -0.25) is 0 Å². The number of hydrogen-bond acceptors (Lipinski definition) is 4. The standard InChI is InChI=1S/C13H30O4Si/c1-9-15-13(7,16-10-2)17-18(14-8,11(3)4)12(5)6/h11-12H,9-10H2,1-8H3. The maximum absolute atomic E-state index is 6.25. The van der Waals surface area contributed by atoms with Crippen molar-refractivity contribution in [3.8, 4) is 0 Å². The van der Waals surface area contributed by atoms with Crippen LogP contribution in [-0.4, -0.2) is 34.9 Å². The molecule has 5 heteroatoms. The van der Waals surface area contributed by atoms with Gasteiger partial charge < -0.3 is 18.3 Å². The van der Waals surface area contributed by atoms with Crippen LogP contribution in [0.1, 0.15) is 48.5 Å². The molecular formula is C13H30O4Si. The van der Waals surface area contributed by atoms with Crippen molar-refractivity contribution >= 4 is 8.56 Å². The fourth-order valence-electron chi connectivity index (χ4n) is 2.33. The van der Waals surface area contributed by atoms with Crippen molar-refractivity contribution in [3.05, 3.63) is 0 Å². The fourth-order valence-corrected chi connectivity index (χ4v) is 5.86. The van der Waals surface area contributed by atoms with Crippen LogP contribution in [0.3, 0.4) is 0 Å². The first-order valence-electron chi connectivity index (χ1n) is 6.81. The van der Waals surface area contributed by atoms with Gasteiger partial charge in [0.15, 0.2) is 0 Å². The molecular weight excluding hydrogens is 248 g/mol. The average molecular weight is 278 g/mol. The van der Waals surface area contributed by atoms with Gasteiger partial charge in [-0.05, 0) is 24.9 Å². The predicted molar refractivity (Wildman–Crippen MR) is 75.7 cm³/mol. The van der Waals surface area contributed by atoms with E-state index in [-0.39, 0.29) is 0 Å². The van der Waals surface area contributed by atoms with Crippen LogP contribution in [-0.2, 0) is 18.3 Å². The van der Waals surface area contributed by atoms with E-state index in [0.29, 0.717) is 24.3 Å². The third-order valence-corrected chi connectivity index (χ3v) is 7.63. The van der Waals surface area contributed by atoms with Crippen molar-refractivity contribution in [1.82, 2.24) is 0 Å². The number of hydrogen-bond donors (Lipinski definition) is 0. The van der Waals surface area contributed by atoms with Crippen LogP contribution in [0.25, 0.3) is 0 Å². The molecule has 0 unspecified atom stereocenters. The van der Waals surface area contributed by atoms with E-state index >= 15 is 0 Å². The molecule has 0 atom stereocenters. The third-order valence-electron chi connectivity index (χ3n) is 3.09. The molecule has 18 heavy (non-hydrogen) atoms. The van der Waals surface area contributed by atoms with Crippen LogP contribution >= 0.6 is 0 Å². The molecule has 0 aromatic rings. The number of rotatable bonds is 9. The van der Waals surface area contributed by atoms with Crippen LogP contribution in [0.2, 0.25) is 11.1 Å². The molecule has 0 aliphatic carbocycles. The molecule has 0 aliphatic rings. The Hall–Kier alpha value is 0.0569. The molecule has 0 aliphatic heterocycles. The summed E-state index contributed by atoms with van der Waals surface area (Å²) in [5.74, 6) is -1.01. The second-order valence-corrected chi connectivity index (χ2v) is 9.43. The van der Waals surface area contributed by atoms with E-state index in [1.165, 1.54) is 0 Å². The molecule has 4 nitrogen and oxygen atoms in total. The highest BCUT2D eigenvalue weighted by molar-refractivity contribution is 6.70. The molecule has 0 N–H and O–H groups in total. The summed E-state index contributed by atoms with van der Waals surface area (Å²) >= 11 is 0. The summed E-state index contributed by atoms with van der Waals surface area (Å²) in [6, 6.07) is 0. The highest BCUT2D eigenvalue weighted by Crippen LogP contribution is 2.37. The molecule has 0 bridgehead atoms. The summed E-state index contributed by atoms with van der Waals surface area (Å²) in [7, 11) is -0.657. The van der Waals surface area contributed by atoms with Crippen molar-refractivity contribution in [2.24, 2.45) is 0 Å². The largest absolute Gasteiger partial charge is 0.397 e. The molecule has 110 valence electrons. The SMILES string of the molecule is CCOC(C)(OCC)O[Si](OC)(C(C)C)C(C)C. The zero-order valence-corrected chi connectivity index (χ0v) is 14.2. The number of ether oxygens (including phenoxy) is 2. The van der Waals surface area contributed by atoms with Crippen molar-refractivity contribution in [2.45, 2.75) is 65.5 Å². The molecule has 0 spiro atoms. The molecule has 0 saturated heterocycles. The molecule has 0 aromatic carbocycles. The maximum Gasteiger partial charge on any atom is 0.347 e. The zero-order valence-electron chi connectivity index (χ0n) is 13.2. The third kappa shape index (κ3) is 4.31. The van der Waals surface area contributed by atoms with E-state index < -0.39 is 14.5 Å². The van der Waals surface area contributed by atoms with E-state index in [1.807, 2.05) is 20.8 Å². The van der Waals surface area contributed by atoms with Gasteiger partial charge in [-0.2, -0.15) is 0 Å². The van der Waals surface area contributed by atoms with Gasteiger partial charge in [0, 0.05) is 27.2 Å². The first-order valence-corrected chi connectivity index (χ1v) is 8.78. The minimum Gasteiger partial charge on any atom is -0.397 e. The van der Waals surface area contributed by atoms with E-state index in [9.17, 15) is 0 Å². The summed E-state index contributed by atoms with van der Waals surface area (Å²) in [6.45, 7) is 15.3. The van der Waals surface area contributed by atoms with Gasteiger partial charge in [-0.15, -0.1) is 0 Å². The van der Waals surface area contributed by atoms with E-state index in [4.69, 9.17) is 18.3 Å². The Bertz CT molecular complexity index is 217. The summed E-state index contributed by atoms with van der Waals surface area (Å²) < 4.78 is 23.3. The fraction of sp³-hybridized carbons (Fsp3) is 1.00. The Labute approximate surface area is 113 Å². The Balaban J connectivity index is 5.14. The van der Waals surface area contributed by atoms with Crippen molar-refractivity contribution in [2.75, 3.05) is 20.3 Å².